The Morgan fingerprint density at radius 2 is 1.05 bits per heavy atom. The topological polar surface area (TPSA) is 0 Å². The first kappa shape index (κ1) is 28.5. The maximum absolute atomic E-state index is 2.52. The molecule has 4 aromatic carbocycles. The number of benzene rings is 4. The van der Waals surface area contributed by atoms with Crippen molar-refractivity contribution in [1.29, 1.82) is 0 Å². The molecule has 38 heavy (non-hydrogen) atoms. The maximum atomic E-state index is 2.52. The monoisotopic (exact) mass is 582 g/mol. The molecule has 0 aliphatic heterocycles. The molecule has 0 spiro atoms. The van der Waals surface area contributed by atoms with Gasteiger partial charge >= 0.3 is 0 Å². The van der Waals surface area contributed by atoms with Crippen LogP contribution in [0.15, 0.2) is 115 Å². The van der Waals surface area contributed by atoms with Gasteiger partial charge in [0.15, 0.2) is 0 Å². The molecule has 0 bridgehead atoms. The SMILES string of the molecule is CC(=CC[P+](c1ccccc1)(c1ccccc1)c1ccccc1)c1ccc2c(c1)C(C)(C)CCC2(C)C.[Br-]. The smallest absolute Gasteiger partial charge is 0.115 e. The second-order valence-electron chi connectivity index (χ2n) is 11.9. The number of hydrogen-bond donors (Lipinski definition) is 0. The van der Waals surface area contributed by atoms with Crippen molar-refractivity contribution in [1.82, 2.24) is 0 Å². The highest BCUT2D eigenvalue weighted by Gasteiger charge is 2.44. The fraction of sp³-hybridized carbons (Fsp3) is 0.278. The fourth-order valence-electron chi connectivity index (χ4n) is 6.04. The van der Waals surface area contributed by atoms with E-state index in [0.29, 0.717) is 0 Å². The summed E-state index contributed by atoms with van der Waals surface area (Å²) < 4.78 is 0. The van der Waals surface area contributed by atoms with Crippen LogP contribution in [0.3, 0.4) is 0 Å². The third-order valence-electron chi connectivity index (χ3n) is 8.57. The van der Waals surface area contributed by atoms with Gasteiger partial charge in [-0.1, -0.05) is 100 Å². The van der Waals surface area contributed by atoms with E-state index < -0.39 is 7.26 Å². The zero-order chi connectivity index (χ0) is 26.1. The minimum atomic E-state index is -1.87. The van der Waals surface area contributed by atoms with Crippen LogP contribution in [-0.2, 0) is 10.8 Å². The first-order valence-electron chi connectivity index (χ1n) is 13.6. The van der Waals surface area contributed by atoms with E-state index in [-0.39, 0.29) is 27.8 Å². The molecule has 1 aliphatic rings. The largest absolute Gasteiger partial charge is 1.00 e. The molecule has 4 aromatic rings. The Labute approximate surface area is 241 Å². The van der Waals surface area contributed by atoms with Crippen molar-refractivity contribution in [2.75, 3.05) is 6.16 Å². The van der Waals surface area contributed by atoms with Crippen LogP contribution >= 0.6 is 7.26 Å². The minimum absolute atomic E-state index is 0. The molecule has 196 valence electrons. The van der Waals surface area contributed by atoms with E-state index in [4.69, 9.17) is 0 Å². The van der Waals surface area contributed by atoms with Gasteiger partial charge in [0.25, 0.3) is 0 Å². The van der Waals surface area contributed by atoms with E-state index >= 15 is 0 Å². The summed E-state index contributed by atoms with van der Waals surface area (Å²) in [4.78, 5) is 0. The van der Waals surface area contributed by atoms with Crippen LogP contribution in [0, 0.1) is 0 Å². The highest BCUT2D eigenvalue weighted by atomic mass is 79.9. The summed E-state index contributed by atoms with van der Waals surface area (Å²) in [6.07, 6.45) is 6.01. The molecule has 0 aromatic heterocycles. The summed E-state index contributed by atoms with van der Waals surface area (Å²) in [6, 6.07) is 40.8. The molecule has 0 fully saturated rings. The van der Waals surface area contributed by atoms with Crippen molar-refractivity contribution in [3.63, 3.8) is 0 Å². The predicted octanol–water partition coefficient (Wildman–Crippen LogP) is 5.44. The van der Waals surface area contributed by atoms with Crippen LogP contribution in [0.2, 0.25) is 0 Å². The van der Waals surface area contributed by atoms with E-state index in [1.165, 1.54) is 51.0 Å². The summed E-state index contributed by atoms with van der Waals surface area (Å²) in [5, 5.41) is 4.30. The van der Waals surface area contributed by atoms with Gasteiger partial charge in [-0.05, 0) is 95.3 Å². The molecule has 0 N–H and O–H groups in total. The Kier molecular flexibility index (Phi) is 8.51. The molecule has 0 unspecified atom stereocenters. The molecule has 0 atom stereocenters. The summed E-state index contributed by atoms with van der Waals surface area (Å²) >= 11 is 0. The number of halogens is 1. The Balaban J connectivity index is 0.00000336. The molecule has 0 saturated carbocycles. The Morgan fingerprint density at radius 3 is 1.50 bits per heavy atom. The summed E-state index contributed by atoms with van der Waals surface area (Å²) in [6.45, 7) is 11.9. The van der Waals surface area contributed by atoms with Crippen molar-refractivity contribution in [3.05, 3.63) is 132 Å². The lowest BCUT2D eigenvalue weighted by Gasteiger charge is -2.42. The van der Waals surface area contributed by atoms with Gasteiger partial charge in [0.05, 0.1) is 6.16 Å². The van der Waals surface area contributed by atoms with E-state index in [1.54, 1.807) is 0 Å². The molecule has 5 rings (SSSR count). The predicted molar refractivity (Wildman–Crippen MR) is 165 cm³/mol. The summed E-state index contributed by atoms with van der Waals surface area (Å²) in [5.74, 6) is 0. The number of hydrogen-bond acceptors (Lipinski definition) is 0. The molecule has 2 heteroatoms. The van der Waals surface area contributed by atoms with Crippen molar-refractivity contribution in [2.45, 2.75) is 58.3 Å². The van der Waals surface area contributed by atoms with Crippen LogP contribution in [0.1, 0.15) is 64.2 Å². The lowest BCUT2D eigenvalue weighted by atomic mass is 9.63. The second kappa shape index (κ2) is 11.3. The van der Waals surface area contributed by atoms with Crippen molar-refractivity contribution < 1.29 is 17.0 Å². The quantitative estimate of drug-likeness (QED) is 0.266. The summed E-state index contributed by atoms with van der Waals surface area (Å²) in [7, 11) is -1.87. The van der Waals surface area contributed by atoms with Gasteiger partial charge in [-0.25, -0.2) is 0 Å². The van der Waals surface area contributed by atoms with Crippen LogP contribution in [0.25, 0.3) is 5.57 Å². The molecular weight excluding hydrogens is 543 g/mol. The third kappa shape index (κ3) is 5.34. The average Bonchev–Trinajstić information content (AvgIpc) is 2.93. The minimum Gasteiger partial charge on any atom is -1.00 e. The lowest BCUT2D eigenvalue weighted by molar-refractivity contribution is -0.00000788. The average molecular weight is 584 g/mol. The van der Waals surface area contributed by atoms with Gasteiger partial charge in [-0.3, -0.25) is 0 Å². The molecule has 0 amide bonds. The van der Waals surface area contributed by atoms with E-state index in [9.17, 15) is 0 Å². The first-order valence-corrected chi connectivity index (χ1v) is 15.6. The van der Waals surface area contributed by atoms with Crippen LogP contribution in [0.5, 0.6) is 0 Å². The zero-order valence-corrected chi connectivity index (χ0v) is 25.9. The van der Waals surface area contributed by atoms with Crippen molar-refractivity contribution >= 4 is 28.7 Å². The molecule has 0 radical (unpaired) electrons. The Hall–Kier alpha value is -2.47. The molecule has 1 aliphatic carbocycles. The van der Waals surface area contributed by atoms with Gasteiger partial charge in [-0.2, -0.15) is 0 Å². The summed E-state index contributed by atoms with van der Waals surface area (Å²) in [5.41, 5.74) is 6.25. The highest BCUT2D eigenvalue weighted by Crippen LogP contribution is 2.55. The van der Waals surface area contributed by atoms with Gasteiger partial charge in [0.2, 0.25) is 0 Å². The van der Waals surface area contributed by atoms with Gasteiger partial charge in [0.1, 0.15) is 23.2 Å². The van der Waals surface area contributed by atoms with Gasteiger partial charge in [0, 0.05) is 0 Å². The molecule has 0 nitrogen and oxygen atoms in total. The fourth-order valence-corrected chi connectivity index (χ4v) is 10.2. The van der Waals surface area contributed by atoms with E-state index in [1.807, 2.05) is 0 Å². The van der Waals surface area contributed by atoms with Crippen LogP contribution < -0.4 is 32.9 Å². The normalized spacial score (nSPS) is 16.3. The van der Waals surface area contributed by atoms with Crippen molar-refractivity contribution in [3.8, 4) is 0 Å². The molecule has 0 saturated heterocycles. The van der Waals surface area contributed by atoms with E-state index in [2.05, 4.69) is 150 Å². The molecule has 0 heterocycles. The van der Waals surface area contributed by atoms with Crippen LogP contribution in [0.4, 0.5) is 0 Å². The lowest BCUT2D eigenvalue weighted by Crippen LogP contribution is -3.00. The van der Waals surface area contributed by atoms with E-state index in [0.717, 1.165) is 6.16 Å². The standard InChI is InChI=1S/C36H40P.BrH/c1-28(29-21-22-33-34(27-29)36(4,5)25-24-35(33,2)3)23-26-37(30-15-9-6-10-16-30,31-17-11-7-12-18-31)32-19-13-8-14-20-32;/h6-23,27H,24-26H2,1-5H3;1H/q+1;/p-1. The van der Waals surface area contributed by atoms with Crippen molar-refractivity contribution in [2.24, 2.45) is 0 Å². The van der Waals surface area contributed by atoms with Gasteiger partial charge in [-0.15, -0.1) is 0 Å². The maximum Gasteiger partial charge on any atom is 0.115 e. The number of fused-ring (bicyclic) bond motifs is 1. The zero-order valence-electron chi connectivity index (χ0n) is 23.4. The number of rotatable bonds is 6. The highest BCUT2D eigenvalue weighted by molar-refractivity contribution is 7.95. The van der Waals surface area contributed by atoms with Crippen LogP contribution in [-0.4, -0.2) is 6.16 Å². The number of allylic oxidation sites excluding steroid dienone is 2. The molecular formula is C36H40BrP. The van der Waals surface area contributed by atoms with Gasteiger partial charge < -0.3 is 17.0 Å². The second-order valence-corrected chi connectivity index (χ2v) is 15.4. The third-order valence-corrected chi connectivity index (χ3v) is 12.8. The first-order chi connectivity index (χ1) is 17.7. The Morgan fingerprint density at radius 1 is 0.632 bits per heavy atom. The Bertz CT molecular complexity index is 1290.